The van der Waals surface area contributed by atoms with Crippen LogP contribution in [0.3, 0.4) is 0 Å². The number of hydrogen-bond donors (Lipinski definition) is 3. The van der Waals surface area contributed by atoms with E-state index in [0.29, 0.717) is 33.3 Å². The second-order valence-electron chi connectivity index (χ2n) is 6.41. The maximum atomic E-state index is 12.2. The van der Waals surface area contributed by atoms with Gasteiger partial charge in [-0.15, -0.1) is 0 Å². The topological polar surface area (TPSA) is 73.5 Å². The molecule has 0 aromatic heterocycles. The third-order valence-corrected chi connectivity index (χ3v) is 5.21. The van der Waals surface area contributed by atoms with Crippen LogP contribution < -0.4 is 16.0 Å². The maximum Gasteiger partial charge on any atom is 0.315 e. The minimum atomic E-state index is -0.191. The number of carbonyl (C=O) groups excluding carboxylic acids is 2. The van der Waals surface area contributed by atoms with Gasteiger partial charge in [0, 0.05) is 25.2 Å². The molecule has 25 heavy (non-hydrogen) atoms. The van der Waals surface area contributed by atoms with Crippen molar-refractivity contribution in [2.45, 2.75) is 31.3 Å². The zero-order valence-electron chi connectivity index (χ0n) is 13.4. The third kappa shape index (κ3) is 5.38. The smallest absolute Gasteiger partial charge is 0.315 e. The first kappa shape index (κ1) is 18.6. The average molecular weight is 406 g/mol. The summed E-state index contributed by atoms with van der Waals surface area (Å²) in [4.78, 5) is 26.0. The van der Waals surface area contributed by atoms with Crippen LogP contribution in [0.2, 0.25) is 15.1 Å². The van der Waals surface area contributed by atoms with Gasteiger partial charge in [-0.3, -0.25) is 9.69 Å². The van der Waals surface area contributed by atoms with E-state index < -0.39 is 0 Å². The number of benzene rings is 1. The van der Waals surface area contributed by atoms with Crippen LogP contribution in [0.5, 0.6) is 0 Å². The molecule has 136 valence electrons. The maximum absolute atomic E-state index is 12.2. The Morgan fingerprint density at radius 1 is 1.00 bits per heavy atom. The molecule has 3 amide bonds. The number of likely N-dealkylation sites (tertiary alicyclic amines) is 1. The Kier molecular flexibility index (Phi) is 5.94. The summed E-state index contributed by atoms with van der Waals surface area (Å²) in [5.41, 5.74) is 0.429. The van der Waals surface area contributed by atoms with Gasteiger partial charge in [-0.05, 0) is 31.4 Å². The van der Waals surface area contributed by atoms with E-state index in [-0.39, 0.29) is 24.5 Å². The van der Waals surface area contributed by atoms with Crippen LogP contribution in [0.1, 0.15) is 19.3 Å². The van der Waals surface area contributed by atoms with Crippen LogP contribution >= 0.6 is 34.8 Å². The van der Waals surface area contributed by atoms with Crippen molar-refractivity contribution in [2.75, 3.05) is 25.0 Å². The fourth-order valence-corrected chi connectivity index (χ4v) is 3.34. The highest BCUT2D eigenvalue weighted by molar-refractivity contribution is 6.44. The van der Waals surface area contributed by atoms with E-state index in [2.05, 4.69) is 16.0 Å². The van der Waals surface area contributed by atoms with Gasteiger partial charge in [-0.25, -0.2) is 4.79 Å². The van der Waals surface area contributed by atoms with Gasteiger partial charge in [0.2, 0.25) is 5.91 Å². The predicted molar refractivity (Wildman–Crippen MR) is 99.6 cm³/mol. The van der Waals surface area contributed by atoms with E-state index in [1.54, 1.807) is 0 Å². The molecule has 6 nitrogen and oxygen atoms in total. The summed E-state index contributed by atoms with van der Waals surface area (Å²) in [6.45, 7) is 1.61. The molecule has 1 aliphatic carbocycles. The first-order valence-electron chi connectivity index (χ1n) is 8.14. The molecule has 1 heterocycles. The largest absolute Gasteiger partial charge is 0.335 e. The molecular weight excluding hydrogens is 387 g/mol. The lowest BCUT2D eigenvalue weighted by molar-refractivity contribution is -0.117. The van der Waals surface area contributed by atoms with E-state index in [0.717, 1.165) is 25.8 Å². The van der Waals surface area contributed by atoms with Crippen molar-refractivity contribution in [3.63, 3.8) is 0 Å². The fraction of sp³-hybridized carbons (Fsp3) is 0.500. The molecule has 0 spiro atoms. The SMILES string of the molecule is O=C(CN1CC[C@H](NC(=O)NC2CC2)C1)Nc1cc(Cl)c(Cl)cc1Cl. The molecule has 3 N–H and O–H groups in total. The minimum Gasteiger partial charge on any atom is -0.335 e. The Morgan fingerprint density at radius 2 is 1.68 bits per heavy atom. The van der Waals surface area contributed by atoms with Gasteiger partial charge in [0.15, 0.2) is 0 Å². The molecule has 1 saturated heterocycles. The molecule has 1 atom stereocenters. The second kappa shape index (κ2) is 7.99. The van der Waals surface area contributed by atoms with E-state index in [4.69, 9.17) is 34.8 Å². The Bertz CT molecular complexity index is 682. The third-order valence-electron chi connectivity index (χ3n) is 4.17. The number of nitrogens with zero attached hydrogens (tertiary/aromatic N) is 1. The van der Waals surface area contributed by atoms with Crippen molar-refractivity contribution in [1.29, 1.82) is 0 Å². The number of anilines is 1. The van der Waals surface area contributed by atoms with E-state index in [1.807, 2.05) is 4.90 Å². The van der Waals surface area contributed by atoms with E-state index in [1.165, 1.54) is 12.1 Å². The number of carbonyl (C=O) groups is 2. The van der Waals surface area contributed by atoms with Crippen molar-refractivity contribution < 1.29 is 9.59 Å². The predicted octanol–water partition coefficient (Wildman–Crippen LogP) is 3.12. The van der Waals surface area contributed by atoms with E-state index in [9.17, 15) is 9.59 Å². The van der Waals surface area contributed by atoms with Gasteiger partial charge in [0.05, 0.1) is 27.3 Å². The molecule has 1 aromatic rings. The Morgan fingerprint density at radius 3 is 2.40 bits per heavy atom. The Labute approximate surface area is 161 Å². The molecule has 3 rings (SSSR count). The monoisotopic (exact) mass is 404 g/mol. The van der Waals surface area contributed by atoms with Crippen LogP contribution in [-0.4, -0.2) is 48.6 Å². The summed E-state index contributed by atoms with van der Waals surface area (Å²) in [7, 11) is 0. The van der Waals surface area contributed by atoms with Crippen molar-refractivity contribution in [3.8, 4) is 0 Å². The van der Waals surface area contributed by atoms with Gasteiger partial charge in [0.1, 0.15) is 0 Å². The van der Waals surface area contributed by atoms with Gasteiger partial charge in [0.25, 0.3) is 0 Å². The summed E-state index contributed by atoms with van der Waals surface area (Å²) < 4.78 is 0. The van der Waals surface area contributed by atoms with Crippen LogP contribution in [0.25, 0.3) is 0 Å². The first-order valence-corrected chi connectivity index (χ1v) is 9.28. The lowest BCUT2D eigenvalue weighted by Gasteiger charge is -2.17. The summed E-state index contributed by atoms with van der Waals surface area (Å²) in [5, 5.41) is 9.59. The molecule has 1 saturated carbocycles. The molecule has 0 radical (unpaired) electrons. The normalized spacial score (nSPS) is 20.4. The van der Waals surface area contributed by atoms with Gasteiger partial charge < -0.3 is 16.0 Å². The van der Waals surface area contributed by atoms with Crippen molar-refractivity contribution in [2.24, 2.45) is 0 Å². The molecule has 2 aliphatic rings. The molecule has 0 unspecified atom stereocenters. The highest BCUT2D eigenvalue weighted by atomic mass is 35.5. The number of halogens is 3. The average Bonchev–Trinajstić information content (AvgIpc) is 3.23. The summed E-state index contributed by atoms with van der Waals surface area (Å²) in [5.74, 6) is -0.191. The summed E-state index contributed by atoms with van der Waals surface area (Å²) >= 11 is 17.9. The van der Waals surface area contributed by atoms with Crippen LogP contribution in [0, 0.1) is 0 Å². The summed E-state index contributed by atoms with van der Waals surface area (Å²) in [6.07, 6.45) is 2.93. The van der Waals surface area contributed by atoms with Crippen molar-refractivity contribution >= 4 is 52.4 Å². The fourth-order valence-electron chi connectivity index (χ4n) is 2.75. The van der Waals surface area contributed by atoms with Gasteiger partial charge in [-0.1, -0.05) is 34.8 Å². The highest BCUT2D eigenvalue weighted by Gasteiger charge is 2.28. The lowest BCUT2D eigenvalue weighted by atomic mass is 10.3. The van der Waals surface area contributed by atoms with Gasteiger partial charge in [-0.2, -0.15) is 0 Å². The van der Waals surface area contributed by atoms with Gasteiger partial charge >= 0.3 is 6.03 Å². The number of nitrogens with one attached hydrogen (secondary N) is 3. The molecule has 9 heteroatoms. The van der Waals surface area contributed by atoms with E-state index >= 15 is 0 Å². The number of hydrogen-bond acceptors (Lipinski definition) is 3. The molecule has 1 aliphatic heterocycles. The molecule has 2 fully saturated rings. The quantitative estimate of drug-likeness (QED) is 0.659. The standard InChI is InChI=1S/C16H19Cl3N4O2/c17-11-5-13(19)14(6-12(11)18)22-15(24)8-23-4-3-10(7-23)21-16(25)20-9-1-2-9/h5-6,9-10H,1-4,7-8H2,(H,22,24)(H2,20,21,25)/t10-/m0/s1. The van der Waals surface area contributed by atoms with Crippen LogP contribution in [0.15, 0.2) is 12.1 Å². The lowest BCUT2D eigenvalue weighted by Crippen LogP contribution is -2.44. The van der Waals surface area contributed by atoms with Crippen LogP contribution in [-0.2, 0) is 4.79 Å². The summed E-state index contributed by atoms with van der Waals surface area (Å²) in [6, 6.07) is 3.29. The molecule has 1 aromatic carbocycles. The second-order valence-corrected chi connectivity index (χ2v) is 7.63. The highest BCUT2D eigenvalue weighted by Crippen LogP contribution is 2.32. The molecule has 0 bridgehead atoms. The number of amides is 3. The zero-order valence-corrected chi connectivity index (χ0v) is 15.7. The first-order chi connectivity index (χ1) is 11.9. The Hall–Kier alpha value is -1.21. The van der Waals surface area contributed by atoms with Crippen molar-refractivity contribution in [1.82, 2.24) is 15.5 Å². The van der Waals surface area contributed by atoms with Crippen LogP contribution in [0.4, 0.5) is 10.5 Å². The number of rotatable bonds is 5. The molecular formula is C16H19Cl3N4O2. The van der Waals surface area contributed by atoms with Crippen molar-refractivity contribution in [3.05, 3.63) is 27.2 Å². The Balaban J connectivity index is 1.45. The zero-order chi connectivity index (χ0) is 18.0. The minimum absolute atomic E-state index is 0.0557. The number of urea groups is 1.